The third-order valence-electron chi connectivity index (χ3n) is 2.75. The second-order valence-electron chi connectivity index (χ2n) is 4.29. The summed E-state index contributed by atoms with van der Waals surface area (Å²) in [5.74, 6) is 1.66. The molecule has 21 heavy (non-hydrogen) atoms. The van der Waals surface area contributed by atoms with Crippen LogP contribution in [-0.4, -0.2) is 31.6 Å². The Hall–Kier alpha value is -0.0200. The standard InChI is InChI=1S/C14H21BrFN3S.HI/c1-17-14(18-7-3-4-8-20-2)19-10-11-5-6-12(15)9-13(11)16;/h5-6,9H,3-4,7-8,10H2,1-2H3,(H2,17,18,19);1H. The zero-order valence-electron chi connectivity index (χ0n) is 12.3. The van der Waals surface area contributed by atoms with Gasteiger partial charge in [0.2, 0.25) is 0 Å². The second kappa shape index (κ2) is 12.5. The van der Waals surface area contributed by atoms with Crippen LogP contribution in [-0.2, 0) is 6.54 Å². The maximum atomic E-state index is 13.7. The van der Waals surface area contributed by atoms with Gasteiger partial charge < -0.3 is 10.6 Å². The van der Waals surface area contributed by atoms with E-state index in [1.807, 2.05) is 17.8 Å². The summed E-state index contributed by atoms with van der Waals surface area (Å²) in [6.45, 7) is 1.30. The van der Waals surface area contributed by atoms with Crippen molar-refractivity contribution >= 4 is 57.6 Å². The minimum atomic E-state index is -0.220. The lowest BCUT2D eigenvalue weighted by Gasteiger charge is -2.12. The Morgan fingerprint density at radius 3 is 2.71 bits per heavy atom. The van der Waals surface area contributed by atoms with E-state index in [4.69, 9.17) is 0 Å². The van der Waals surface area contributed by atoms with Gasteiger partial charge in [-0.3, -0.25) is 4.99 Å². The van der Waals surface area contributed by atoms with Crippen LogP contribution in [0.25, 0.3) is 0 Å². The molecule has 0 saturated carbocycles. The van der Waals surface area contributed by atoms with Crippen molar-refractivity contribution in [3.05, 3.63) is 34.1 Å². The Morgan fingerprint density at radius 2 is 2.10 bits per heavy atom. The molecule has 0 unspecified atom stereocenters. The number of aliphatic imine (C=N–C) groups is 1. The predicted molar refractivity (Wildman–Crippen MR) is 105 cm³/mol. The normalized spacial score (nSPS) is 11.0. The molecular formula is C14H22BrFIN3S. The summed E-state index contributed by atoms with van der Waals surface area (Å²) in [6.07, 6.45) is 4.40. The molecule has 0 spiro atoms. The molecule has 1 aromatic carbocycles. The van der Waals surface area contributed by atoms with Gasteiger partial charge in [0.15, 0.2) is 5.96 Å². The van der Waals surface area contributed by atoms with E-state index in [0.29, 0.717) is 18.1 Å². The van der Waals surface area contributed by atoms with Gasteiger partial charge in [-0.25, -0.2) is 4.39 Å². The monoisotopic (exact) mass is 489 g/mol. The molecular weight excluding hydrogens is 468 g/mol. The van der Waals surface area contributed by atoms with Crippen LogP contribution in [0, 0.1) is 5.82 Å². The fourth-order valence-corrected chi connectivity index (χ4v) is 2.47. The van der Waals surface area contributed by atoms with Crippen molar-refractivity contribution in [1.82, 2.24) is 10.6 Å². The molecule has 0 amide bonds. The average molecular weight is 490 g/mol. The first-order chi connectivity index (χ1) is 9.67. The molecule has 3 nitrogen and oxygen atoms in total. The summed E-state index contributed by atoms with van der Waals surface area (Å²) in [5, 5.41) is 6.34. The molecule has 0 bridgehead atoms. The van der Waals surface area contributed by atoms with Gasteiger partial charge in [-0.1, -0.05) is 22.0 Å². The van der Waals surface area contributed by atoms with Crippen molar-refractivity contribution in [2.75, 3.05) is 25.6 Å². The van der Waals surface area contributed by atoms with Crippen LogP contribution in [0.15, 0.2) is 27.7 Å². The molecule has 0 aromatic heterocycles. The second-order valence-corrected chi connectivity index (χ2v) is 6.19. The minimum Gasteiger partial charge on any atom is -0.356 e. The number of benzene rings is 1. The first kappa shape index (κ1) is 21.0. The van der Waals surface area contributed by atoms with Gasteiger partial charge in [0.1, 0.15) is 5.82 Å². The predicted octanol–water partition coefficient (Wildman–Crippen LogP) is 4.01. The summed E-state index contributed by atoms with van der Waals surface area (Å²) < 4.78 is 14.4. The summed E-state index contributed by atoms with van der Waals surface area (Å²) in [6, 6.07) is 5.06. The highest BCUT2D eigenvalue weighted by molar-refractivity contribution is 14.0. The van der Waals surface area contributed by atoms with Gasteiger partial charge in [0.25, 0.3) is 0 Å². The van der Waals surface area contributed by atoms with Gasteiger partial charge in [-0.15, -0.1) is 24.0 Å². The van der Waals surface area contributed by atoms with Gasteiger partial charge in [-0.05, 0) is 37.0 Å². The fraction of sp³-hybridized carbons (Fsp3) is 0.500. The molecule has 2 N–H and O–H groups in total. The maximum absolute atomic E-state index is 13.7. The van der Waals surface area contributed by atoms with Crippen LogP contribution < -0.4 is 10.6 Å². The number of nitrogens with zero attached hydrogens (tertiary/aromatic N) is 1. The quantitative estimate of drug-likeness (QED) is 0.263. The van der Waals surface area contributed by atoms with E-state index >= 15 is 0 Å². The lowest BCUT2D eigenvalue weighted by molar-refractivity contribution is 0.603. The van der Waals surface area contributed by atoms with E-state index in [1.54, 1.807) is 13.1 Å². The van der Waals surface area contributed by atoms with E-state index in [-0.39, 0.29) is 29.8 Å². The number of nitrogens with one attached hydrogen (secondary N) is 2. The van der Waals surface area contributed by atoms with E-state index in [1.165, 1.54) is 18.2 Å². The lowest BCUT2D eigenvalue weighted by atomic mass is 10.2. The molecule has 7 heteroatoms. The molecule has 0 aliphatic heterocycles. The zero-order chi connectivity index (χ0) is 14.8. The fourth-order valence-electron chi connectivity index (χ4n) is 1.64. The van der Waals surface area contributed by atoms with Gasteiger partial charge >= 0.3 is 0 Å². The van der Waals surface area contributed by atoms with E-state index in [9.17, 15) is 4.39 Å². The topological polar surface area (TPSA) is 36.4 Å². The van der Waals surface area contributed by atoms with Crippen molar-refractivity contribution in [2.24, 2.45) is 4.99 Å². The first-order valence-corrected chi connectivity index (χ1v) is 8.73. The molecule has 1 aromatic rings. The molecule has 0 radical (unpaired) electrons. The van der Waals surface area contributed by atoms with Gasteiger partial charge in [-0.2, -0.15) is 11.8 Å². The number of guanidine groups is 1. The molecule has 0 saturated heterocycles. The third kappa shape index (κ3) is 8.87. The third-order valence-corrected chi connectivity index (χ3v) is 3.94. The van der Waals surface area contributed by atoms with E-state index in [0.717, 1.165) is 17.4 Å². The number of hydrogen-bond donors (Lipinski definition) is 2. The van der Waals surface area contributed by atoms with Crippen molar-refractivity contribution in [3.63, 3.8) is 0 Å². The Labute approximate surface area is 156 Å². The van der Waals surface area contributed by atoms with Crippen molar-refractivity contribution < 1.29 is 4.39 Å². The minimum absolute atomic E-state index is 0. The van der Waals surface area contributed by atoms with Gasteiger partial charge in [0, 0.05) is 30.2 Å². The van der Waals surface area contributed by atoms with Crippen LogP contribution >= 0.6 is 51.7 Å². The molecule has 120 valence electrons. The highest BCUT2D eigenvalue weighted by atomic mass is 127. The summed E-state index contributed by atoms with van der Waals surface area (Å²) in [4.78, 5) is 4.13. The molecule has 0 aliphatic rings. The van der Waals surface area contributed by atoms with Crippen LogP contribution in [0.4, 0.5) is 4.39 Å². The number of unbranched alkanes of at least 4 members (excludes halogenated alkanes) is 1. The Kier molecular flexibility index (Phi) is 12.5. The number of hydrogen-bond acceptors (Lipinski definition) is 2. The van der Waals surface area contributed by atoms with Crippen molar-refractivity contribution in [2.45, 2.75) is 19.4 Å². The molecule has 0 atom stereocenters. The van der Waals surface area contributed by atoms with Gasteiger partial charge in [0.05, 0.1) is 0 Å². The summed E-state index contributed by atoms with van der Waals surface area (Å²) >= 11 is 5.10. The first-order valence-electron chi connectivity index (χ1n) is 6.54. The zero-order valence-corrected chi connectivity index (χ0v) is 17.0. The Bertz CT molecular complexity index is 446. The molecule has 0 heterocycles. The van der Waals surface area contributed by atoms with Crippen LogP contribution in [0.5, 0.6) is 0 Å². The molecule has 1 rings (SSSR count). The molecule has 0 fully saturated rings. The smallest absolute Gasteiger partial charge is 0.191 e. The van der Waals surface area contributed by atoms with Crippen LogP contribution in [0.1, 0.15) is 18.4 Å². The van der Waals surface area contributed by atoms with Crippen LogP contribution in [0.3, 0.4) is 0 Å². The SMILES string of the molecule is CN=C(NCCCCSC)NCc1ccc(Br)cc1F.I. The number of halogens is 3. The van der Waals surface area contributed by atoms with E-state index in [2.05, 4.69) is 37.8 Å². The lowest BCUT2D eigenvalue weighted by Crippen LogP contribution is -2.37. The van der Waals surface area contributed by atoms with E-state index < -0.39 is 0 Å². The molecule has 0 aliphatic carbocycles. The van der Waals surface area contributed by atoms with Crippen molar-refractivity contribution in [1.29, 1.82) is 0 Å². The van der Waals surface area contributed by atoms with Crippen molar-refractivity contribution in [3.8, 4) is 0 Å². The Balaban J connectivity index is 0.00000400. The number of rotatable bonds is 7. The average Bonchev–Trinajstić information content (AvgIpc) is 2.43. The summed E-state index contributed by atoms with van der Waals surface area (Å²) in [5.41, 5.74) is 0.624. The maximum Gasteiger partial charge on any atom is 0.191 e. The van der Waals surface area contributed by atoms with Crippen LogP contribution in [0.2, 0.25) is 0 Å². The highest BCUT2D eigenvalue weighted by Gasteiger charge is 2.04. The summed E-state index contributed by atoms with van der Waals surface area (Å²) in [7, 11) is 1.72. The highest BCUT2D eigenvalue weighted by Crippen LogP contribution is 2.14. The Morgan fingerprint density at radius 1 is 1.33 bits per heavy atom. The largest absolute Gasteiger partial charge is 0.356 e. The number of thioether (sulfide) groups is 1.